The predicted molar refractivity (Wildman–Crippen MR) is 78.9 cm³/mol. The molecule has 2 rings (SSSR count). The first-order valence-corrected chi connectivity index (χ1v) is 9.10. The Morgan fingerprint density at radius 3 is 2.89 bits per heavy atom. The molecule has 0 saturated carbocycles. The summed E-state index contributed by atoms with van der Waals surface area (Å²) in [6.45, 7) is 3.46. The second kappa shape index (κ2) is 6.35. The lowest BCUT2D eigenvalue weighted by Crippen LogP contribution is -2.42. The standard InChI is InChI=1S/C13H22N2O2S2/c1-3-11-6-4-5-9-15(11)19(16,17)13-8-7-12(18-13)10-14-2/h7-8,11,14H,3-6,9-10H2,1-2H3. The van der Waals surface area contributed by atoms with Crippen LogP contribution in [-0.4, -0.2) is 32.4 Å². The molecule has 0 amide bonds. The van der Waals surface area contributed by atoms with Gasteiger partial charge in [-0.1, -0.05) is 13.3 Å². The van der Waals surface area contributed by atoms with Crippen LogP contribution in [0.2, 0.25) is 0 Å². The van der Waals surface area contributed by atoms with Crippen molar-refractivity contribution < 1.29 is 8.42 Å². The molecule has 1 fully saturated rings. The molecule has 1 atom stereocenters. The van der Waals surface area contributed by atoms with Crippen molar-refractivity contribution in [3.05, 3.63) is 17.0 Å². The number of nitrogens with one attached hydrogen (secondary N) is 1. The van der Waals surface area contributed by atoms with E-state index in [1.165, 1.54) is 11.3 Å². The second-order valence-corrected chi connectivity index (χ2v) is 8.21. The van der Waals surface area contributed by atoms with Gasteiger partial charge in [-0.25, -0.2) is 8.42 Å². The van der Waals surface area contributed by atoms with Gasteiger partial charge in [-0.3, -0.25) is 0 Å². The van der Waals surface area contributed by atoms with E-state index in [4.69, 9.17) is 0 Å². The molecule has 2 heterocycles. The van der Waals surface area contributed by atoms with Crippen molar-refractivity contribution in [1.82, 2.24) is 9.62 Å². The van der Waals surface area contributed by atoms with E-state index >= 15 is 0 Å². The highest BCUT2D eigenvalue weighted by molar-refractivity contribution is 7.91. The average Bonchev–Trinajstić information content (AvgIpc) is 2.88. The summed E-state index contributed by atoms with van der Waals surface area (Å²) in [7, 11) is -1.43. The van der Waals surface area contributed by atoms with Crippen LogP contribution in [0.15, 0.2) is 16.3 Å². The van der Waals surface area contributed by atoms with Crippen LogP contribution in [0.5, 0.6) is 0 Å². The summed E-state index contributed by atoms with van der Waals surface area (Å²) in [6, 6.07) is 3.82. The number of thiophene rings is 1. The Morgan fingerprint density at radius 1 is 1.42 bits per heavy atom. The molecule has 0 bridgehead atoms. The lowest BCUT2D eigenvalue weighted by molar-refractivity contribution is 0.247. The van der Waals surface area contributed by atoms with Crippen molar-refractivity contribution in [3.63, 3.8) is 0 Å². The van der Waals surface area contributed by atoms with Crippen LogP contribution in [0.25, 0.3) is 0 Å². The lowest BCUT2D eigenvalue weighted by atomic mass is 10.0. The largest absolute Gasteiger partial charge is 0.315 e. The van der Waals surface area contributed by atoms with Crippen LogP contribution < -0.4 is 5.32 Å². The Bertz CT molecular complexity index is 510. The minimum Gasteiger partial charge on any atom is -0.315 e. The summed E-state index contributed by atoms with van der Waals surface area (Å²) in [5.74, 6) is 0. The molecule has 0 spiro atoms. The summed E-state index contributed by atoms with van der Waals surface area (Å²) in [5.41, 5.74) is 0. The minimum atomic E-state index is -3.30. The molecular formula is C13H22N2O2S2. The fourth-order valence-corrected chi connectivity index (χ4v) is 5.84. The van der Waals surface area contributed by atoms with Gasteiger partial charge in [0.1, 0.15) is 4.21 Å². The monoisotopic (exact) mass is 302 g/mol. The summed E-state index contributed by atoms with van der Waals surface area (Å²) < 4.78 is 27.6. The van der Waals surface area contributed by atoms with E-state index in [0.29, 0.717) is 10.8 Å². The molecule has 1 aliphatic rings. The zero-order chi connectivity index (χ0) is 13.9. The summed E-state index contributed by atoms with van der Waals surface area (Å²) in [4.78, 5) is 1.06. The molecule has 1 saturated heterocycles. The number of rotatable bonds is 5. The van der Waals surface area contributed by atoms with Crippen molar-refractivity contribution >= 4 is 21.4 Å². The molecule has 1 unspecified atom stereocenters. The van der Waals surface area contributed by atoms with Gasteiger partial charge in [0, 0.05) is 24.0 Å². The smallest absolute Gasteiger partial charge is 0.252 e. The number of sulfonamides is 1. The van der Waals surface area contributed by atoms with Crippen LogP contribution in [0.3, 0.4) is 0 Å². The zero-order valence-corrected chi connectivity index (χ0v) is 13.2. The van der Waals surface area contributed by atoms with Gasteiger partial charge in [0.05, 0.1) is 0 Å². The zero-order valence-electron chi connectivity index (χ0n) is 11.6. The lowest BCUT2D eigenvalue weighted by Gasteiger charge is -2.33. The summed E-state index contributed by atoms with van der Waals surface area (Å²) >= 11 is 1.38. The molecular weight excluding hydrogens is 280 g/mol. The third kappa shape index (κ3) is 3.18. The fourth-order valence-electron chi connectivity index (χ4n) is 2.58. The van der Waals surface area contributed by atoms with Gasteiger partial charge in [-0.05, 0) is 38.4 Å². The van der Waals surface area contributed by atoms with E-state index < -0.39 is 10.0 Å². The quantitative estimate of drug-likeness (QED) is 0.909. The second-order valence-electron chi connectivity index (χ2n) is 4.92. The van der Waals surface area contributed by atoms with Gasteiger partial charge in [-0.15, -0.1) is 11.3 Å². The maximum Gasteiger partial charge on any atom is 0.252 e. The highest BCUT2D eigenvalue weighted by atomic mass is 32.2. The van der Waals surface area contributed by atoms with Crippen molar-refractivity contribution in [2.45, 2.75) is 49.4 Å². The number of hydrogen-bond acceptors (Lipinski definition) is 4. The van der Waals surface area contributed by atoms with Crippen LogP contribution in [0, 0.1) is 0 Å². The number of piperidine rings is 1. The van der Waals surface area contributed by atoms with Crippen molar-refractivity contribution in [1.29, 1.82) is 0 Å². The number of hydrogen-bond donors (Lipinski definition) is 1. The van der Waals surface area contributed by atoms with E-state index in [-0.39, 0.29) is 6.04 Å². The van der Waals surface area contributed by atoms with Crippen molar-refractivity contribution in [2.75, 3.05) is 13.6 Å². The molecule has 1 aliphatic heterocycles. The van der Waals surface area contributed by atoms with Gasteiger partial charge in [-0.2, -0.15) is 4.31 Å². The Kier molecular flexibility index (Phi) is 5.00. The maximum atomic E-state index is 12.7. The van der Waals surface area contributed by atoms with Gasteiger partial charge < -0.3 is 5.32 Å². The van der Waals surface area contributed by atoms with E-state index in [1.807, 2.05) is 13.1 Å². The molecule has 108 valence electrons. The number of nitrogens with zero attached hydrogens (tertiary/aromatic N) is 1. The first kappa shape index (κ1) is 15.0. The van der Waals surface area contributed by atoms with Gasteiger partial charge >= 0.3 is 0 Å². The minimum absolute atomic E-state index is 0.175. The Morgan fingerprint density at radius 2 is 2.21 bits per heavy atom. The maximum absolute atomic E-state index is 12.7. The third-order valence-corrected chi connectivity index (χ3v) is 7.10. The topological polar surface area (TPSA) is 49.4 Å². The third-order valence-electron chi connectivity index (χ3n) is 3.60. The van der Waals surface area contributed by atoms with Crippen LogP contribution in [0.4, 0.5) is 0 Å². The average molecular weight is 302 g/mol. The van der Waals surface area contributed by atoms with Gasteiger partial charge in [0.15, 0.2) is 0 Å². The molecule has 0 radical (unpaired) electrons. The van der Waals surface area contributed by atoms with E-state index in [2.05, 4.69) is 12.2 Å². The highest BCUT2D eigenvalue weighted by Crippen LogP contribution is 2.30. The molecule has 4 nitrogen and oxygen atoms in total. The Balaban J connectivity index is 2.24. The Hall–Kier alpha value is -0.430. The van der Waals surface area contributed by atoms with Crippen LogP contribution >= 0.6 is 11.3 Å². The van der Waals surface area contributed by atoms with Crippen LogP contribution in [0.1, 0.15) is 37.5 Å². The Labute approximate surface area is 119 Å². The van der Waals surface area contributed by atoms with E-state index in [9.17, 15) is 8.42 Å². The van der Waals surface area contributed by atoms with E-state index in [0.717, 1.165) is 37.1 Å². The molecule has 19 heavy (non-hydrogen) atoms. The van der Waals surface area contributed by atoms with Crippen LogP contribution in [-0.2, 0) is 16.6 Å². The predicted octanol–water partition coefficient (Wildman–Crippen LogP) is 2.42. The van der Waals surface area contributed by atoms with E-state index in [1.54, 1.807) is 10.4 Å². The summed E-state index contributed by atoms with van der Waals surface area (Å²) in [5, 5.41) is 3.05. The molecule has 6 heteroatoms. The van der Waals surface area contributed by atoms with Gasteiger partial charge in [0.25, 0.3) is 10.0 Å². The normalized spacial score (nSPS) is 21.7. The molecule has 1 aromatic rings. The molecule has 1 N–H and O–H groups in total. The fraction of sp³-hybridized carbons (Fsp3) is 0.692. The van der Waals surface area contributed by atoms with Crippen molar-refractivity contribution in [3.8, 4) is 0 Å². The summed E-state index contributed by atoms with van der Waals surface area (Å²) in [6.07, 6.45) is 4.00. The van der Waals surface area contributed by atoms with Crippen molar-refractivity contribution in [2.24, 2.45) is 0 Å². The molecule has 0 aliphatic carbocycles. The SMILES string of the molecule is CCC1CCCCN1S(=O)(=O)c1ccc(CNC)s1. The first-order valence-electron chi connectivity index (χ1n) is 6.84. The highest BCUT2D eigenvalue weighted by Gasteiger charge is 2.33. The molecule has 0 aromatic carbocycles. The molecule has 1 aromatic heterocycles. The first-order chi connectivity index (χ1) is 9.09. The van der Waals surface area contributed by atoms with Gasteiger partial charge in [0.2, 0.25) is 0 Å².